The van der Waals surface area contributed by atoms with Gasteiger partial charge in [0.2, 0.25) is 0 Å². The molecule has 0 atom stereocenters. The number of H-pyrrole nitrogens is 1. The first kappa shape index (κ1) is 13.9. The van der Waals surface area contributed by atoms with E-state index >= 15 is 0 Å². The van der Waals surface area contributed by atoms with Crippen LogP contribution in [0.1, 0.15) is 32.3 Å². The lowest BCUT2D eigenvalue weighted by atomic mass is 10.1. The van der Waals surface area contributed by atoms with Crippen molar-refractivity contribution in [3.63, 3.8) is 0 Å². The lowest BCUT2D eigenvalue weighted by molar-refractivity contribution is 0.277. The molecule has 0 amide bonds. The maximum atomic E-state index is 10.1. The number of rotatable bonds is 7. The fourth-order valence-electron chi connectivity index (χ4n) is 2.58. The Morgan fingerprint density at radius 1 is 1.11 bits per heavy atom. The molecule has 0 aliphatic heterocycles. The van der Waals surface area contributed by atoms with Crippen LogP contribution in [0.3, 0.4) is 0 Å². The van der Waals surface area contributed by atoms with E-state index in [-0.39, 0.29) is 0 Å². The van der Waals surface area contributed by atoms with E-state index in [0.29, 0.717) is 5.75 Å². The van der Waals surface area contributed by atoms with Gasteiger partial charge in [0.1, 0.15) is 5.75 Å². The molecule has 0 aliphatic rings. The molecular weight excluding hydrogens is 236 g/mol. The van der Waals surface area contributed by atoms with Crippen molar-refractivity contribution in [3.8, 4) is 5.75 Å². The summed E-state index contributed by atoms with van der Waals surface area (Å²) in [5.74, 6) is 0.405. The van der Waals surface area contributed by atoms with Gasteiger partial charge in [-0.1, -0.05) is 13.8 Å². The average Bonchev–Trinajstić information content (AvgIpc) is 2.83. The van der Waals surface area contributed by atoms with Crippen molar-refractivity contribution in [1.29, 1.82) is 0 Å². The van der Waals surface area contributed by atoms with Crippen molar-refractivity contribution in [2.75, 3.05) is 19.6 Å². The predicted molar refractivity (Wildman–Crippen MR) is 80.7 cm³/mol. The first-order valence-electron chi connectivity index (χ1n) is 7.26. The third kappa shape index (κ3) is 3.51. The molecule has 2 N–H and O–H groups in total. The molecule has 0 spiro atoms. The Hall–Kier alpha value is -1.48. The van der Waals surface area contributed by atoms with Gasteiger partial charge in [-0.25, -0.2) is 0 Å². The van der Waals surface area contributed by atoms with Crippen LogP contribution in [0.15, 0.2) is 24.4 Å². The van der Waals surface area contributed by atoms with Crippen molar-refractivity contribution in [1.82, 2.24) is 9.88 Å². The van der Waals surface area contributed by atoms with Crippen molar-refractivity contribution >= 4 is 10.9 Å². The van der Waals surface area contributed by atoms with Gasteiger partial charge < -0.3 is 15.0 Å². The second-order valence-electron chi connectivity index (χ2n) is 5.14. The summed E-state index contributed by atoms with van der Waals surface area (Å²) in [7, 11) is 0. The average molecular weight is 260 g/mol. The molecule has 0 unspecified atom stereocenters. The summed E-state index contributed by atoms with van der Waals surface area (Å²) >= 11 is 0. The summed E-state index contributed by atoms with van der Waals surface area (Å²) in [6, 6.07) is 5.97. The van der Waals surface area contributed by atoms with Crippen molar-refractivity contribution in [3.05, 3.63) is 30.0 Å². The lowest BCUT2D eigenvalue weighted by Gasteiger charge is -2.21. The monoisotopic (exact) mass is 260 g/mol. The highest BCUT2D eigenvalue weighted by Crippen LogP contribution is 2.24. The molecule has 0 saturated heterocycles. The van der Waals surface area contributed by atoms with Gasteiger partial charge >= 0.3 is 0 Å². The van der Waals surface area contributed by atoms with Gasteiger partial charge in [0.25, 0.3) is 0 Å². The van der Waals surface area contributed by atoms with Crippen LogP contribution in [-0.4, -0.2) is 34.6 Å². The van der Waals surface area contributed by atoms with Crippen LogP contribution < -0.4 is 0 Å². The summed E-state index contributed by atoms with van der Waals surface area (Å²) in [6.07, 6.45) is 5.19. The Morgan fingerprint density at radius 2 is 1.84 bits per heavy atom. The number of aromatic amines is 1. The molecule has 0 saturated carbocycles. The number of phenolic OH excluding ortho intramolecular Hbond substituents is 1. The lowest BCUT2D eigenvalue weighted by Crippen LogP contribution is -2.27. The van der Waals surface area contributed by atoms with Gasteiger partial charge in [-0.3, -0.25) is 0 Å². The SMILES string of the molecule is CCCN(CCC)CCc1cc2cc[nH]c2cc1O. The number of nitrogens with one attached hydrogen (secondary N) is 1. The Labute approximate surface area is 115 Å². The molecular formula is C16H24N2O. The summed E-state index contributed by atoms with van der Waals surface area (Å²) in [5, 5.41) is 11.2. The standard InChI is InChI=1S/C16H24N2O/c1-3-8-18(9-4-2)10-6-14-11-13-5-7-17-15(13)12-16(14)19/h5,7,11-12,17,19H,3-4,6,8-10H2,1-2H3. The second-order valence-corrected chi connectivity index (χ2v) is 5.14. The van der Waals surface area contributed by atoms with E-state index in [1.807, 2.05) is 18.3 Å². The fraction of sp³-hybridized carbons (Fsp3) is 0.500. The normalized spacial score (nSPS) is 11.5. The minimum atomic E-state index is 0.405. The zero-order valence-electron chi connectivity index (χ0n) is 11.9. The van der Waals surface area contributed by atoms with Gasteiger partial charge in [-0.2, -0.15) is 0 Å². The molecule has 0 bridgehead atoms. The van der Waals surface area contributed by atoms with Crippen molar-refractivity contribution < 1.29 is 5.11 Å². The highest BCUT2D eigenvalue weighted by Gasteiger charge is 2.08. The number of nitrogens with zero attached hydrogens (tertiary/aromatic N) is 1. The van der Waals surface area contributed by atoms with E-state index in [2.05, 4.69) is 29.8 Å². The Morgan fingerprint density at radius 3 is 2.53 bits per heavy atom. The molecule has 1 heterocycles. The van der Waals surface area contributed by atoms with E-state index in [9.17, 15) is 5.11 Å². The first-order valence-corrected chi connectivity index (χ1v) is 7.26. The van der Waals surface area contributed by atoms with E-state index in [1.54, 1.807) is 0 Å². The third-order valence-electron chi connectivity index (χ3n) is 3.53. The number of hydrogen-bond donors (Lipinski definition) is 2. The molecule has 0 aliphatic carbocycles. The van der Waals surface area contributed by atoms with Gasteiger partial charge in [-0.15, -0.1) is 0 Å². The van der Waals surface area contributed by atoms with Crippen LogP contribution in [0, 0.1) is 0 Å². The molecule has 0 radical (unpaired) electrons. The van der Waals surface area contributed by atoms with Gasteiger partial charge in [0, 0.05) is 24.3 Å². The quantitative estimate of drug-likeness (QED) is 0.799. The van der Waals surface area contributed by atoms with Crippen LogP contribution in [0.4, 0.5) is 0 Å². The number of phenols is 1. The fourth-order valence-corrected chi connectivity index (χ4v) is 2.58. The zero-order valence-corrected chi connectivity index (χ0v) is 11.9. The maximum Gasteiger partial charge on any atom is 0.120 e. The number of fused-ring (bicyclic) bond motifs is 1. The van der Waals surface area contributed by atoms with E-state index in [1.165, 1.54) is 18.2 Å². The minimum Gasteiger partial charge on any atom is -0.508 e. The van der Waals surface area contributed by atoms with Crippen molar-refractivity contribution in [2.45, 2.75) is 33.1 Å². The van der Waals surface area contributed by atoms with E-state index < -0.39 is 0 Å². The smallest absolute Gasteiger partial charge is 0.120 e. The highest BCUT2D eigenvalue weighted by atomic mass is 16.3. The molecule has 19 heavy (non-hydrogen) atoms. The van der Waals surface area contributed by atoms with Gasteiger partial charge in [0.15, 0.2) is 0 Å². The Balaban J connectivity index is 2.05. The predicted octanol–water partition coefficient (Wildman–Crippen LogP) is 3.54. The largest absolute Gasteiger partial charge is 0.508 e. The molecule has 1 aromatic heterocycles. The molecule has 104 valence electrons. The molecule has 0 fully saturated rings. The molecule has 3 nitrogen and oxygen atoms in total. The number of aromatic hydroxyl groups is 1. The van der Waals surface area contributed by atoms with Crippen LogP contribution in [0.5, 0.6) is 5.75 Å². The Kier molecular flexibility index (Phi) is 4.86. The zero-order chi connectivity index (χ0) is 13.7. The molecule has 3 heteroatoms. The van der Waals surface area contributed by atoms with Crippen molar-refractivity contribution in [2.24, 2.45) is 0 Å². The van der Waals surface area contributed by atoms with Crippen LogP contribution in [0.2, 0.25) is 0 Å². The summed E-state index contributed by atoms with van der Waals surface area (Å²) in [4.78, 5) is 5.60. The van der Waals surface area contributed by atoms with Crippen LogP contribution in [0.25, 0.3) is 10.9 Å². The van der Waals surface area contributed by atoms with E-state index in [4.69, 9.17) is 0 Å². The molecule has 1 aromatic carbocycles. The Bertz CT molecular complexity index is 512. The first-order chi connectivity index (χ1) is 9.24. The molecule has 2 aromatic rings. The molecule has 2 rings (SSSR count). The van der Waals surface area contributed by atoms with E-state index in [0.717, 1.165) is 37.1 Å². The van der Waals surface area contributed by atoms with Crippen LogP contribution in [-0.2, 0) is 6.42 Å². The van der Waals surface area contributed by atoms with Crippen LogP contribution >= 0.6 is 0 Å². The van der Waals surface area contributed by atoms with Gasteiger partial charge in [0.05, 0.1) is 0 Å². The minimum absolute atomic E-state index is 0.405. The summed E-state index contributed by atoms with van der Waals surface area (Å²) < 4.78 is 0. The summed E-state index contributed by atoms with van der Waals surface area (Å²) in [5.41, 5.74) is 2.05. The third-order valence-corrected chi connectivity index (χ3v) is 3.53. The van der Waals surface area contributed by atoms with Gasteiger partial charge in [-0.05, 0) is 55.4 Å². The summed E-state index contributed by atoms with van der Waals surface area (Å²) in [6.45, 7) is 7.73. The number of hydrogen-bond acceptors (Lipinski definition) is 2. The second kappa shape index (κ2) is 6.62. The maximum absolute atomic E-state index is 10.1. The number of benzene rings is 1. The highest BCUT2D eigenvalue weighted by molar-refractivity contribution is 5.81. The topological polar surface area (TPSA) is 39.3 Å². The number of aromatic nitrogens is 1.